The van der Waals surface area contributed by atoms with Gasteiger partial charge in [-0.05, 0) is 52.4 Å². The number of hydrogen-bond donors (Lipinski definition) is 0. The van der Waals surface area contributed by atoms with Crippen LogP contribution in [0.4, 0.5) is 5.69 Å². The van der Waals surface area contributed by atoms with Crippen LogP contribution < -0.4 is 4.74 Å². The van der Waals surface area contributed by atoms with E-state index in [1.165, 1.54) is 3.57 Å². The van der Waals surface area contributed by atoms with Crippen molar-refractivity contribution in [1.82, 2.24) is 0 Å². The Bertz CT molecular complexity index is 526. The lowest BCUT2D eigenvalue weighted by atomic mass is 10.2. The molecule has 2 rings (SSSR count). The van der Waals surface area contributed by atoms with E-state index in [-0.39, 0.29) is 0 Å². The van der Waals surface area contributed by atoms with Gasteiger partial charge in [0.2, 0.25) is 0 Å². The molecule has 84 valence electrons. The van der Waals surface area contributed by atoms with Crippen molar-refractivity contribution in [3.05, 3.63) is 69.1 Å². The molecule has 0 aliphatic heterocycles. The summed E-state index contributed by atoms with van der Waals surface area (Å²) in [4.78, 5) is 3.33. The molecule has 0 aliphatic rings. The molecule has 17 heavy (non-hydrogen) atoms. The van der Waals surface area contributed by atoms with Crippen molar-refractivity contribution in [2.45, 2.75) is 6.61 Å². The highest BCUT2D eigenvalue weighted by Crippen LogP contribution is 2.19. The average Bonchev–Trinajstić information content (AvgIpc) is 2.39. The highest BCUT2D eigenvalue weighted by atomic mass is 127. The monoisotopic (exact) mass is 335 g/mol. The predicted molar refractivity (Wildman–Crippen MR) is 76.2 cm³/mol. The summed E-state index contributed by atoms with van der Waals surface area (Å²) in [7, 11) is 0. The molecule has 0 saturated heterocycles. The third kappa shape index (κ3) is 3.46. The van der Waals surface area contributed by atoms with Crippen LogP contribution >= 0.6 is 22.6 Å². The van der Waals surface area contributed by atoms with Crippen molar-refractivity contribution < 1.29 is 4.74 Å². The lowest BCUT2D eigenvalue weighted by molar-refractivity contribution is 0.306. The highest BCUT2D eigenvalue weighted by molar-refractivity contribution is 14.1. The van der Waals surface area contributed by atoms with Gasteiger partial charge in [0, 0.05) is 3.57 Å². The fraction of sp³-hybridized carbons (Fsp3) is 0.0714. The van der Waals surface area contributed by atoms with Crippen LogP contribution in [-0.4, -0.2) is 0 Å². The SMILES string of the molecule is [C-]#[N+]c1ccc(OCc2ccc(I)cc2)cc1. The van der Waals surface area contributed by atoms with Gasteiger partial charge in [-0.2, -0.15) is 0 Å². The Morgan fingerprint density at radius 3 is 2.24 bits per heavy atom. The molecular formula is C14H10INO. The van der Waals surface area contributed by atoms with E-state index in [1.807, 2.05) is 12.1 Å². The zero-order valence-electron chi connectivity index (χ0n) is 9.06. The van der Waals surface area contributed by atoms with Crippen molar-refractivity contribution in [3.8, 4) is 5.75 Å². The number of ether oxygens (including phenoxy) is 1. The molecule has 0 amide bonds. The molecule has 0 unspecified atom stereocenters. The van der Waals surface area contributed by atoms with Crippen LogP contribution in [-0.2, 0) is 6.61 Å². The summed E-state index contributed by atoms with van der Waals surface area (Å²) in [5, 5.41) is 0. The Kier molecular flexibility index (Phi) is 3.99. The minimum atomic E-state index is 0.550. The molecule has 0 bridgehead atoms. The second-order valence-electron chi connectivity index (χ2n) is 3.52. The Labute approximate surface area is 114 Å². The maximum Gasteiger partial charge on any atom is 0.187 e. The van der Waals surface area contributed by atoms with Crippen LogP contribution in [0.15, 0.2) is 48.5 Å². The summed E-state index contributed by atoms with van der Waals surface area (Å²) < 4.78 is 6.84. The molecule has 0 atom stereocenters. The van der Waals surface area contributed by atoms with Gasteiger partial charge in [0.1, 0.15) is 12.4 Å². The van der Waals surface area contributed by atoms with Gasteiger partial charge >= 0.3 is 0 Å². The molecule has 2 aromatic rings. The first kappa shape index (κ1) is 11.9. The van der Waals surface area contributed by atoms with Crippen molar-refractivity contribution in [2.75, 3.05) is 0 Å². The first-order valence-electron chi connectivity index (χ1n) is 5.13. The van der Waals surface area contributed by atoms with E-state index in [2.05, 4.69) is 51.7 Å². The second kappa shape index (κ2) is 5.69. The van der Waals surface area contributed by atoms with Crippen molar-refractivity contribution in [3.63, 3.8) is 0 Å². The number of rotatable bonds is 3. The lowest BCUT2D eigenvalue weighted by Crippen LogP contribution is -1.94. The summed E-state index contributed by atoms with van der Waals surface area (Å²) in [5.74, 6) is 0.788. The van der Waals surface area contributed by atoms with Gasteiger partial charge in [0.25, 0.3) is 0 Å². The minimum Gasteiger partial charge on any atom is -0.489 e. The van der Waals surface area contributed by atoms with Gasteiger partial charge in [-0.1, -0.05) is 24.3 Å². The fourth-order valence-corrected chi connectivity index (χ4v) is 1.72. The van der Waals surface area contributed by atoms with Gasteiger partial charge in [-0.15, -0.1) is 0 Å². The Hall–Kier alpha value is -1.54. The molecule has 0 aliphatic carbocycles. The summed E-state index contributed by atoms with van der Waals surface area (Å²) in [5.41, 5.74) is 1.77. The quantitative estimate of drug-likeness (QED) is 0.598. The van der Waals surface area contributed by atoms with Gasteiger partial charge in [-0.3, -0.25) is 0 Å². The first-order valence-corrected chi connectivity index (χ1v) is 6.20. The third-order valence-corrected chi connectivity index (χ3v) is 3.00. The van der Waals surface area contributed by atoms with E-state index in [9.17, 15) is 0 Å². The number of nitrogens with zero attached hydrogens (tertiary/aromatic N) is 1. The van der Waals surface area contributed by atoms with Crippen LogP contribution in [0.5, 0.6) is 5.75 Å². The Morgan fingerprint density at radius 2 is 1.65 bits per heavy atom. The minimum absolute atomic E-state index is 0.550. The molecule has 0 fully saturated rings. The van der Waals surface area contributed by atoms with Crippen molar-refractivity contribution in [1.29, 1.82) is 0 Å². The van der Waals surface area contributed by atoms with Crippen LogP contribution in [0.25, 0.3) is 4.85 Å². The smallest absolute Gasteiger partial charge is 0.187 e. The van der Waals surface area contributed by atoms with Gasteiger partial charge in [-0.25, -0.2) is 4.85 Å². The van der Waals surface area contributed by atoms with Gasteiger partial charge in [0.05, 0.1) is 6.57 Å². The topological polar surface area (TPSA) is 13.6 Å². The molecule has 0 N–H and O–H groups in total. The van der Waals surface area contributed by atoms with E-state index >= 15 is 0 Å². The largest absolute Gasteiger partial charge is 0.489 e. The van der Waals surface area contributed by atoms with E-state index in [4.69, 9.17) is 11.3 Å². The normalized spacial score (nSPS) is 9.65. The summed E-state index contributed by atoms with van der Waals surface area (Å²) in [6.07, 6.45) is 0. The first-order chi connectivity index (χ1) is 8.28. The molecule has 3 heteroatoms. The van der Waals surface area contributed by atoms with Crippen LogP contribution in [0, 0.1) is 10.1 Å². The van der Waals surface area contributed by atoms with Crippen molar-refractivity contribution in [2.24, 2.45) is 0 Å². The van der Waals surface area contributed by atoms with Gasteiger partial charge < -0.3 is 4.74 Å². The van der Waals surface area contributed by atoms with E-state index < -0.39 is 0 Å². The maximum atomic E-state index is 6.85. The van der Waals surface area contributed by atoms with E-state index in [1.54, 1.807) is 12.1 Å². The lowest BCUT2D eigenvalue weighted by Gasteiger charge is -2.06. The fourth-order valence-electron chi connectivity index (χ4n) is 1.36. The van der Waals surface area contributed by atoms with E-state index in [0.717, 1.165) is 11.3 Å². The highest BCUT2D eigenvalue weighted by Gasteiger charge is 1.96. The molecule has 0 heterocycles. The molecule has 0 saturated carbocycles. The zero-order chi connectivity index (χ0) is 12.1. The Morgan fingerprint density at radius 1 is 1.00 bits per heavy atom. The molecule has 2 aromatic carbocycles. The average molecular weight is 335 g/mol. The molecular weight excluding hydrogens is 325 g/mol. The van der Waals surface area contributed by atoms with Crippen LogP contribution in [0.2, 0.25) is 0 Å². The summed E-state index contributed by atoms with van der Waals surface area (Å²) in [6.45, 7) is 7.40. The molecule has 0 aromatic heterocycles. The summed E-state index contributed by atoms with van der Waals surface area (Å²) in [6, 6.07) is 15.4. The van der Waals surface area contributed by atoms with E-state index in [0.29, 0.717) is 12.3 Å². The van der Waals surface area contributed by atoms with Crippen LogP contribution in [0.3, 0.4) is 0 Å². The second-order valence-corrected chi connectivity index (χ2v) is 4.77. The predicted octanol–water partition coefficient (Wildman–Crippen LogP) is 4.42. The van der Waals surface area contributed by atoms with Gasteiger partial charge in [0.15, 0.2) is 5.69 Å². The molecule has 2 nitrogen and oxygen atoms in total. The molecule has 0 spiro atoms. The third-order valence-electron chi connectivity index (χ3n) is 2.28. The van der Waals surface area contributed by atoms with Crippen molar-refractivity contribution >= 4 is 28.3 Å². The molecule has 0 radical (unpaired) electrons. The zero-order valence-corrected chi connectivity index (χ0v) is 11.2. The maximum absolute atomic E-state index is 6.85. The summed E-state index contributed by atoms with van der Waals surface area (Å²) >= 11 is 2.28. The number of hydrogen-bond acceptors (Lipinski definition) is 1. The standard InChI is InChI=1S/C14H10INO/c1-16-13-6-8-14(9-7-13)17-10-11-2-4-12(15)5-3-11/h2-9H,10H2. The Balaban J connectivity index is 1.98. The number of benzene rings is 2. The van der Waals surface area contributed by atoms with Crippen LogP contribution in [0.1, 0.15) is 5.56 Å². The number of halogens is 1.